The van der Waals surface area contributed by atoms with Crippen LogP contribution in [0.1, 0.15) is 6.42 Å². The molecule has 27 heavy (non-hydrogen) atoms. The SMILES string of the molecule is O=[N+]([O-])c1ccc(N/N=C2/CCSC2)c(S(=O)(=O)Nc2ccc(Cl)cc2)c1. The van der Waals surface area contributed by atoms with E-state index in [1.165, 1.54) is 36.4 Å². The zero-order valence-corrected chi connectivity index (χ0v) is 16.3. The molecule has 2 aromatic rings. The lowest BCUT2D eigenvalue weighted by Crippen LogP contribution is -2.15. The minimum absolute atomic E-state index is 0.159. The second-order valence-corrected chi connectivity index (χ2v) is 8.83. The molecule has 0 spiro atoms. The van der Waals surface area contributed by atoms with Crippen molar-refractivity contribution < 1.29 is 13.3 Å². The van der Waals surface area contributed by atoms with E-state index in [9.17, 15) is 18.5 Å². The predicted molar refractivity (Wildman–Crippen MR) is 108 cm³/mol. The van der Waals surface area contributed by atoms with Gasteiger partial charge in [0.05, 0.1) is 10.6 Å². The summed E-state index contributed by atoms with van der Waals surface area (Å²) in [6, 6.07) is 9.64. The molecule has 2 aromatic carbocycles. The number of nitro groups is 1. The molecule has 1 heterocycles. The molecule has 8 nitrogen and oxygen atoms in total. The van der Waals surface area contributed by atoms with Gasteiger partial charge in [0.25, 0.3) is 15.7 Å². The number of sulfonamides is 1. The Morgan fingerprint density at radius 1 is 1.19 bits per heavy atom. The zero-order chi connectivity index (χ0) is 19.4. The highest BCUT2D eigenvalue weighted by atomic mass is 35.5. The maximum Gasteiger partial charge on any atom is 0.270 e. The number of halogens is 1. The van der Waals surface area contributed by atoms with Gasteiger partial charge in [0.15, 0.2) is 0 Å². The molecule has 0 unspecified atom stereocenters. The molecule has 11 heteroatoms. The zero-order valence-electron chi connectivity index (χ0n) is 13.9. The monoisotopic (exact) mass is 426 g/mol. The van der Waals surface area contributed by atoms with Crippen LogP contribution < -0.4 is 10.1 Å². The molecule has 2 N–H and O–H groups in total. The second-order valence-electron chi connectivity index (χ2n) is 5.64. The number of thioether (sulfide) groups is 1. The Labute approximate surface area is 165 Å². The van der Waals surface area contributed by atoms with Crippen molar-refractivity contribution in [1.82, 2.24) is 0 Å². The van der Waals surface area contributed by atoms with E-state index < -0.39 is 14.9 Å². The quantitative estimate of drug-likeness (QED) is 0.534. The number of hydrogen-bond donors (Lipinski definition) is 2. The molecular weight excluding hydrogens is 412 g/mol. The highest BCUT2D eigenvalue weighted by molar-refractivity contribution is 8.00. The van der Waals surface area contributed by atoms with E-state index in [2.05, 4.69) is 15.2 Å². The third-order valence-corrected chi connectivity index (χ3v) is 6.40. The number of benzene rings is 2. The fraction of sp³-hybridized carbons (Fsp3) is 0.188. The Kier molecular flexibility index (Phi) is 5.88. The maximum atomic E-state index is 12.8. The Bertz CT molecular complexity index is 986. The van der Waals surface area contributed by atoms with Gasteiger partial charge < -0.3 is 0 Å². The van der Waals surface area contributed by atoms with Crippen LogP contribution in [0, 0.1) is 10.1 Å². The average molecular weight is 427 g/mol. The van der Waals surface area contributed by atoms with Crippen LogP contribution >= 0.6 is 23.4 Å². The number of anilines is 2. The van der Waals surface area contributed by atoms with Gasteiger partial charge in [-0.2, -0.15) is 16.9 Å². The van der Waals surface area contributed by atoms with Crippen molar-refractivity contribution in [3.63, 3.8) is 0 Å². The van der Waals surface area contributed by atoms with Crippen molar-refractivity contribution in [2.75, 3.05) is 21.7 Å². The van der Waals surface area contributed by atoms with Crippen molar-refractivity contribution in [3.05, 3.63) is 57.6 Å². The van der Waals surface area contributed by atoms with Gasteiger partial charge in [0.2, 0.25) is 0 Å². The van der Waals surface area contributed by atoms with E-state index in [-0.39, 0.29) is 22.0 Å². The summed E-state index contributed by atoms with van der Waals surface area (Å²) in [6.07, 6.45) is 0.815. The van der Waals surface area contributed by atoms with Crippen LogP contribution in [0.15, 0.2) is 52.5 Å². The number of nitrogens with zero attached hydrogens (tertiary/aromatic N) is 2. The molecule has 0 radical (unpaired) electrons. The van der Waals surface area contributed by atoms with Crippen molar-refractivity contribution >= 4 is 56.2 Å². The van der Waals surface area contributed by atoms with Gasteiger partial charge in [-0.25, -0.2) is 8.42 Å². The van der Waals surface area contributed by atoms with Crippen LogP contribution in [0.4, 0.5) is 17.1 Å². The van der Waals surface area contributed by atoms with Crippen LogP contribution in [-0.4, -0.2) is 30.6 Å². The Morgan fingerprint density at radius 3 is 2.56 bits per heavy atom. The number of nitrogens with one attached hydrogen (secondary N) is 2. The summed E-state index contributed by atoms with van der Waals surface area (Å²) in [5, 5.41) is 15.8. The van der Waals surface area contributed by atoms with Crippen LogP contribution in [0.2, 0.25) is 5.02 Å². The topological polar surface area (TPSA) is 114 Å². The molecule has 1 fully saturated rings. The first kappa shape index (κ1) is 19.5. The third kappa shape index (κ3) is 4.90. The summed E-state index contributed by atoms with van der Waals surface area (Å²) in [7, 11) is -4.09. The normalized spacial score (nSPS) is 15.7. The predicted octanol–water partition coefficient (Wildman–Crippen LogP) is 3.95. The molecule has 1 aliphatic heterocycles. The van der Waals surface area contributed by atoms with Gasteiger partial charge in [-0.3, -0.25) is 20.3 Å². The lowest BCUT2D eigenvalue weighted by atomic mass is 10.3. The third-order valence-electron chi connectivity index (χ3n) is 3.70. The lowest BCUT2D eigenvalue weighted by molar-refractivity contribution is -0.385. The largest absolute Gasteiger partial charge is 0.280 e. The Hall–Kier alpha value is -2.30. The van der Waals surface area contributed by atoms with Gasteiger partial charge in [0, 0.05) is 34.3 Å². The molecule has 0 saturated carbocycles. The first-order valence-electron chi connectivity index (χ1n) is 7.81. The minimum atomic E-state index is -4.09. The van der Waals surface area contributed by atoms with Gasteiger partial charge in [-0.05, 0) is 42.5 Å². The smallest absolute Gasteiger partial charge is 0.270 e. The Morgan fingerprint density at radius 2 is 1.93 bits per heavy atom. The molecular formula is C16H15ClN4O4S2. The van der Waals surface area contributed by atoms with Crippen LogP contribution in [-0.2, 0) is 10.0 Å². The summed E-state index contributed by atoms with van der Waals surface area (Å²) in [4.78, 5) is 10.2. The lowest BCUT2D eigenvalue weighted by Gasteiger charge is -2.12. The first-order chi connectivity index (χ1) is 12.8. The fourth-order valence-corrected chi connectivity index (χ4v) is 4.68. The minimum Gasteiger partial charge on any atom is -0.280 e. The number of non-ortho nitro benzene ring substituents is 1. The summed E-state index contributed by atoms with van der Waals surface area (Å²) in [5.74, 6) is 1.73. The van der Waals surface area contributed by atoms with E-state index in [1.807, 2.05) is 0 Å². The van der Waals surface area contributed by atoms with E-state index >= 15 is 0 Å². The van der Waals surface area contributed by atoms with Gasteiger partial charge in [-0.1, -0.05) is 11.6 Å². The number of nitro benzene ring substituents is 1. The fourth-order valence-electron chi connectivity index (χ4n) is 2.35. The molecule has 0 atom stereocenters. The summed E-state index contributed by atoms with van der Waals surface area (Å²) >= 11 is 7.54. The molecule has 0 bridgehead atoms. The average Bonchev–Trinajstić information content (AvgIpc) is 3.15. The number of hydrogen-bond acceptors (Lipinski definition) is 7. The maximum absolute atomic E-state index is 12.8. The van der Waals surface area contributed by atoms with Crippen molar-refractivity contribution in [2.45, 2.75) is 11.3 Å². The molecule has 0 aromatic heterocycles. The highest BCUT2D eigenvalue weighted by Crippen LogP contribution is 2.29. The molecule has 1 aliphatic rings. The van der Waals surface area contributed by atoms with E-state index in [0.717, 1.165) is 29.7 Å². The van der Waals surface area contributed by atoms with Crippen molar-refractivity contribution in [2.24, 2.45) is 5.10 Å². The Balaban J connectivity index is 1.96. The van der Waals surface area contributed by atoms with E-state index in [0.29, 0.717) is 5.02 Å². The number of rotatable bonds is 6. The summed E-state index contributed by atoms with van der Waals surface area (Å²) in [6.45, 7) is 0. The molecule has 142 valence electrons. The molecule has 3 rings (SSSR count). The van der Waals surface area contributed by atoms with Crippen LogP contribution in [0.25, 0.3) is 0 Å². The van der Waals surface area contributed by atoms with E-state index in [1.54, 1.807) is 11.8 Å². The van der Waals surface area contributed by atoms with E-state index in [4.69, 9.17) is 11.6 Å². The van der Waals surface area contributed by atoms with Crippen LogP contribution in [0.5, 0.6) is 0 Å². The van der Waals surface area contributed by atoms with Gasteiger partial charge >= 0.3 is 0 Å². The second kappa shape index (κ2) is 8.15. The van der Waals surface area contributed by atoms with Crippen molar-refractivity contribution in [1.29, 1.82) is 0 Å². The van der Waals surface area contributed by atoms with Gasteiger partial charge in [-0.15, -0.1) is 0 Å². The highest BCUT2D eigenvalue weighted by Gasteiger charge is 2.23. The van der Waals surface area contributed by atoms with Crippen LogP contribution in [0.3, 0.4) is 0 Å². The summed E-state index contributed by atoms with van der Waals surface area (Å²) in [5.41, 5.74) is 3.76. The molecule has 0 amide bonds. The summed E-state index contributed by atoms with van der Waals surface area (Å²) < 4.78 is 28.0. The molecule has 0 aliphatic carbocycles. The molecule has 1 saturated heterocycles. The standard InChI is InChI=1S/C16H15ClN4O4S2/c17-11-1-3-12(4-2-11)20-27(24,25)16-9-14(21(22)23)5-6-15(16)19-18-13-7-8-26-10-13/h1-6,9,19-20H,7-8,10H2/b18-13-. The van der Waals surface area contributed by atoms with Gasteiger partial charge in [0.1, 0.15) is 4.90 Å². The first-order valence-corrected chi connectivity index (χ1v) is 10.8. The number of hydrazone groups is 1. The van der Waals surface area contributed by atoms with Crippen molar-refractivity contribution in [3.8, 4) is 0 Å².